The molecule has 6 nitrogen and oxygen atoms in total. The van der Waals surface area contributed by atoms with Gasteiger partial charge in [-0.15, -0.1) is 0 Å². The topological polar surface area (TPSA) is 78.9 Å². The molecule has 0 aliphatic rings. The van der Waals surface area contributed by atoms with Crippen LogP contribution in [0, 0.1) is 0 Å². The minimum absolute atomic E-state index is 0.0814. The maximum atomic E-state index is 12.9. The van der Waals surface area contributed by atoms with Crippen LogP contribution in [0.3, 0.4) is 0 Å². The summed E-state index contributed by atoms with van der Waals surface area (Å²) in [7, 11) is 0. The molecule has 0 rings (SSSR count). The summed E-state index contributed by atoms with van der Waals surface area (Å²) in [5.41, 5.74) is 0. The van der Waals surface area contributed by atoms with Gasteiger partial charge in [0.2, 0.25) is 0 Å². The van der Waals surface area contributed by atoms with E-state index in [2.05, 4.69) is 118 Å². The predicted molar refractivity (Wildman–Crippen MR) is 339 cm³/mol. The van der Waals surface area contributed by atoms with E-state index >= 15 is 0 Å². The van der Waals surface area contributed by atoms with Gasteiger partial charge in [-0.2, -0.15) is 0 Å². The monoisotopic (exact) mass is 1080 g/mol. The van der Waals surface area contributed by atoms with Gasteiger partial charge in [0.15, 0.2) is 6.10 Å². The van der Waals surface area contributed by atoms with E-state index in [1.807, 2.05) is 0 Å². The Morgan fingerprint density at radius 3 is 0.782 bits per heavy atom. The van der Waals surface area contributed by atoms with Crippen LogP contribution in [0.2, 0.25) is 0 Å². The van der Waals surface area contributed by atoms with Crippen molar-refractivity contribution in [1.82, 2.24) is 0 Å². The molecule has 0 radical (unpaired) electrons. The highest BCUT2D eigenvalue weighted by atomic mass is 16.6. The van der Waals surface area contributed by atoms with Gasteiger partial charge in [-0.1, -0.05) is 298 Å². The van der Waals surface area contributed by atoms with Gasteiger partial charge in [0, 0.05) is 19.3 Å². The molecule has 448 valence electrons. The van der Waals surface area contributed by atoms with Gasteiger partial charge in [-0.05, 0) is 103 Å². The third kappa shape index (κ3) is 63.2. The first-order valence-electron chi connectivity index (χ1n) is 33.2. The number of ether oxygens (including phenoxy) is 3. The number of hydrogen-bond donors (Lipinski definition) is 0. The van der Waals surface area contributed by atoms with Gasteiger partial charge in [0.1, 0.15) is 13.2 Å². The maximum Gasteiger partial charge on any atom is 0.306 e. The number of esters is 3. The zero-order chi connectivity index (χ0) is 56.4. The zero-order valence-corrected chi connectivity index (χ0v) is 51.4. The average molecular weight is 1090 g/mol. The molecule has 0 heterocycles. The number of unbranched alkanes of at least 4 members (excludes halogenated alkanes) is 33. The lowest BCUT2D eigenvalue weighted by Crippen LogP contribution is -2.30. The van der Waals surface area contributed by atoms with Crippen LogP contribution < -0.4 is 0 Å². The van der Waals surface area contributed by atoms with E-state index < -0.39 is 6.10 Å². The third-order valence-corrected chi connectivity index (χ3v) is 14.3. The van der Waals surface area contributed by atoms with Gasteiger partial charge in [0.05, 0.1) is 0 Å². The second-order valence-corrected chi connectivity index (χ2v) is 22.0. The molecule has 6 heteroatoms. The fourth-order valence-corrected chi connectivity index (χ4v) is 9.36. The van der Waals surface area contributed by atoms with E-state index in [-0.39, 0.29) is 31.1 Å². The van der Waals surface area contributed by atoms with Crippen LogP contribution in [0.1, 0.15) is 323 Å². The van der Waals surface area contributed by atoms with Crippen molar-refractivity contribution in [2.45, 2.75) is 329 Å². The molecular formula is C72H124O6. The molecule has 0 saturated heterocycles. The summed E-state index contributed by atoms with van der Waals surface area (Å²) >= 11 is 0. The standard InChI is InChI=1S/C72H124O6/c1-4-7-10-13-16-18-20-22-24-26-28-30-32-34-35-36-37-39-40-42-44-46-48-50-52-54-56-59-62-65-71(74)77-68-69(67-76-70(73)64-61-58-15-12-9-6-3)78-72(75)66-63-60-57-55-53-51-49-47-45-43-41-38-33-31-29-27-25-23-21-19-17-14-11-8-5-2/h8,11,17,19-20,22-23,25-26,28-29,31,38,41,45,47,69H,4-7,9-10,12-16,18,21,24,27,30,32-37,39-40,42-44,46,48-68H2,1-3H3/b11-8-,19-17-,22-20-,25-23-,28-26-,31-29-,41-38-,47-45-. The van der Waals surface area contributed by atoms with Gasteiger partial charge < -0.3 is 14.2 Å². The average Bonchev–Trinajstić information content (AvgIpc) is 3.44. The highest BCUT2D eigenvalue weighted by Crippen LogP contribution is 2.17. The Morgan fingerprint density at radius 1 is 0.269 bits per heavy atom. The summed E-state index contributed by atoms with van der Waals surface area (Å²) in [6, 6.07) is 0. The molecule has 0 saturated carbocycles. The van der Waals surface area contributed by atoms with Crippen molar-refractivity contribution in [3.05, 3.63) is 97.2 Å². The Morgan fingerprint density at radius 2 is 0.500 bits per heavy atom. The molecule has 0 bridgehead atoms. The first-order chi connectivity index (χ1) is 38.5. The molecule has 0 N–H and O–H groups in total. The number of allylic oxidation sites excluding steroid dienone is 16. The van der Waals surface area contributed by atoms with E-state index in [1.165, 1.54) is 167 Å². The first kappa shape index (κ1) is 74.3. The van der Waals surface area contributed by atoms with Gasteiger partial charge in [0.25, 0.3) is 0 Å². The minimum Gasteiger partial charge on any atom is -0.462 e. The van der Waals surface area contributed by atoms with Crippen LogP contribution in [-0.4, -0.2) is 37.2 Å². The molecule has 0 aromatic carbocycles. The maximum absolute atomic E-state index is 12.9. The molecule has 1 atom stereocenters. The van der Waals surface area contributed by atoms with Crippen molar-refractivity contribution in [3.8, 4) is 0 Å². The fraction of sp³-hybridized carbons (Fsp3) is 0.736. The smallest absolute Gasteiger partial charge is 0.306 e. The molecular weight excluding hydrogens is 961 g/mol. The number of carbonyl (C=O) groups excluding carboxylic acids is 3. The van der Waals surface area contributed by atoms with Crippen molar-refractivity contribution >= 4 is 17.9 Å². The normalized spacial score (nSPS) is 12.7. The largest absolute Gasteiger partial charge is 0.462 e. The fourth-order valence-electron chi connectivity index (χ4n) is 9.36. The molecule has 0 aromatic heterocycles. The molecule has 0 aliphatic carbocycles. The Bertz CT molecular complexity index is 1530. The summed E-state index contributed by atoms with van der Waals surface area (Å²) in [5, 5.41) is 0. The minimum atomic E-state index is -0.783. The van der Waals surface area contributed by atoms with Crippen molar-refractivity contribution in [1.29, 1.82) is 0 Å². The summed E-state index contributed by atoms with van der Waals surface area (Å²) < 4.78 is 16.8. The quantitative estimate of drug-likeness (QED) is 0.0261. The van der Waals surface area contributed by atoms with Gasteiger partial charge in [-0.25, -0.2) is 0 Å². The van der Waals surface area contributed by atoms with Crippen LogP contribution in [0.5, 0.6) is 0 Å². The van der Waals surface area contributed by atoms with Gasteiger partial charge in [-0.3, -0.25) is 14.4 Å². The van der Waals surface area contributed by atoms with Crippen molar-refractivity contribution in [2.24, 2.45) is 0 Å². The second kappa shape index (κ2) is 65.8. The van der Waals surface area contributed by atoms with Crippen LogP contribution in [0.25, 0.3) is 0 Å². The van der Waals surface area contributed by atoms with Crippen LogP contribution in [-0.2, 0) is 28.6 Å². The lowest BCUT2D eigenvalue weighted by molar-refractivity contribution is -0.167. The van der Waals surface area contributed by atoms with Crippen LogP contribution >= 0.6 is 0 Å². The number of hydrogen-bond acceptors (Lipinski definition) is 6. The summed E-state index contributed by atoms with van der Waals surface area (Å²) in [4.78, 5) is 38.1. The summed E-state index contributed by atoms with van der Waals surface area (Å²) in [5.74, 6) is -0.896. The molecule has 0 spiro atoms. The van der Waals surface area contributed by atoms with E-state index in [0.29, 0.717) is 19.3 Å². The highest BCUT2D eigenvalue weighted by molar-refractivity contribution is 5.71. The Balaban J connectivity index is 4.08. The zero-order valence-electron chi connectivity index (χ0n) is 51.4. The van der Waals surface area contributed by atoms with E-state index in [0.717, 1.165) is 116 Å². The lowest BCUT2D eigenvalue weighted by atomic mass is 10.0. The second-order valence-electron chi connectivity index (χ2n) is 22.0. The molecule has 0 amide bonds. The summed E-state index contributed by atoms with van der Waals surface area (Å²) in [6.45, 7) is 6.47. The van der Waals surface area contributed by atoms with Crippen molar-refractivity contribution < 1.29 is 28.6 Å². The molecule has 0 fully saturated rings. The number of rotatable bonds is 60. The SMILES string of the molecule is CC/C=C\C/C=C\C/C=C\C/C=C\C/C=C\C/C=C\CCCCCCCCC(=O)OC(COC(=O)CCCCCCCC)COC(=O)CCCCCCCCCCCCCCCCCCC/C=C\C/C=C\CCCCCCC. The van der Waals surface area contributed by atoms with Crippen molar-refractivity contribution in [2.75, 3.05) is 13.2 Å². The molecule has 1 unspecified atom stereocenters. The highest BCUT2D eigenvalue weighted by Gasteiger charge is 2.19. The lowest BCUT2D eigenvalue weighted by Gasteiger charge is -2.18. The van der Waals surface area contributed by atoms with Gasteiger partial charge >= 0.3 is 17.9 Å². The van der Waals surface area contributed by atoms with E-state index in [9.17, 15) is 14.4 Å². The Hall–Kier alpha value is -3.67. The molecule has 78 heavy (non-hydrogen) atoms. The van der Waals surface area contributed by atoms with Crippen LogP contribution in [0.15, 0.2) is 97.2 Å². The summed E-state index contributed by atoms with van der Waals surface area (Å²) in [6.07, 6.45) is 88.9. The molecule has 0 aliphatic heterocycles. The van der Waals surface area contributed by atoms with E-state index in [4.69, 9.17) is 14.2 Å². The van der Waals surface area contributed by atoms with Crippen LogP contribution in [0.4, 0.5) is 0 Å². The third-order valence-electron chi connectivity index (χ3n) is 14.3. The van der Waals surface area contributed by atoms with E-state index in [1.54, 1.807) is 0 Å². The number of carbonyl (C=O) groups is 3. The first-order valence-corrected chi connectivity index (χ1v) is 33.2. The Kier molecular flexibility index (Phi) is 62.7. The predicted octanol–water partition coefficient (Wildman–Crippen LogP) is 22.8. The molecule has 0 aromatic rings. The Labute approximate surface area is 483 Å². The van der Waals surface area contributed by atoms with Crippen molar-refractivity contribution in [3.63, 3.8) is 0 Å².